The quantitative estimate of drug-likeness (QED) is 0.730. The van der Waals surface area contributed by atoms with Crippen molar-refractivity contribution in [2.45, 2.75) is 11.4 Å². The second kappa shape index (κ2) is 6.77. The van der Waals surface area contributed by atoms with Gasteiger partial charge in [-0.2, -0.15) is 4.68 Å². The summed E-state index contributed by atoms with van der Waals surface area (Å²) in [5.74, 6) is 0.0545. The van der Waals surface area contributed by atoms with Crippen molar-refractivity contribution in [1.29, 1.82) is 0 Å². The molecule has 0 unspecified atom stereocenters. The first kappa shape index (κ1) is 17.3. The number of hydrogen-bond acceptors (Lipinski definition) is 6. The molecule has 0 spiro atoms. The predicted octanol–water partition coefficient (Wildman–Crippen LogP) is 2.47. The van der Waals surface area contributed by atoms with Gasteiger partial charge in [-0.3, -0.25) is 0 Å². The van der Waals surface area contributed by atoms with Crippen molar-refractivity contribution in [1.82, 2.24) is 20.2 Å². The lowest BCUT2D eigenvalue weighted by Crippen LogP contribution is -2.09. The summed E-state index contributed by atoms with van der Waals surface area (Å²) in [7, 11) is -3.27. The molecule has 0 aliphatic carbocycles. The fourth-order valence-corrected chi connectivity index (χ4v) is 3.02. The maximum atomic E-state index is 13.1. The molecule has 0 saturated carbocycles. The van der Waals surface area contributed by atoms with Crippen molar-refractivity contribution in [2.75, 3.05) is 11.6 Å². The van der Waals surface area contributed by atoms with Crippen LogP contribution in [-0.4, -0.2) is 34.9 Å². The Morgan fingerprint density at radius 1 is 1.20 bits per heavy atom. The van der Waals surface area contributed by atoms with Gasteiger partial charge in [0.1, 0.15) is 5.82 Å². The minimum Gasteiger partial charge on any atom is -0.376 e. The molecule has 2 aromatic carbocycles. The molecule has 1 N–H and O–H groups in total. The van der Waals surface area contributed by atoms with Gasteiger partial charge in [-0.1, -0.05) is 11.6 Å². The van der Waals surface area contributed by atoms with E-state index in [0.29, 0.717) is 17.2 Å². The van der Waals surface area contributed by atoms with E-state index < -0.39 is 15.7 Å². The number of nitrogens with zero attached hydrogens (tertiary/aromatic N) is 4. The highest BCUT2D eigenvalue weighted by atomic mass is 35.5. The van der Waals surface area contributed by atoms with Gasteiger partial charge in [0.25, 0.3) is 0 Å². The van der Waals surface area contributed by atoms with E-state index in [1.54, 1.807) is 12.1 Å². The molecule has 0 aliphatic heterocycles. The molecule has 0 fully saturated rings. The third-order valence-electron chi connectivity index (χ3n) is 3.41. The van der Waals surface area contributed by atoms with Gasteiger partial charge in [0.2, 0.25) is 0 Å². The van der Waals surface area contributed by atoms with Crippen molar-refractivity contribution < 1.29 is 12.8 Å². The average molecular weight is 382 g/mol. The average Bonchev–Trinajstić information content (AvgIpc) is 3.02. The number of hydrogen-bond donors (Lipinski definition) is 1. The first-order valence-corrected chi connectivity index (χ1v) is 9.38. The van der Waals surface area contributed by atoms with Crippen molar-refractivity contribution in [3.8, 4) is 5.69 Å². The summed E-state index contributed by atoms with van der Waals surface area (Å²) >= 11 is 5.97. The van der Waals surface area contributed by atoms with Crippen LogP contribution in [0.1, 0.15) is 5.82 Å². The molecule has 130 valence electrons. The van der Waals surface area contributed by atoms with Gasteiger partial charge >= 0.3 is 0 Å². The molecule has 1 aromatic heterocycles. The van der Waals surface area contributed by atoms with Crippen LogP contribution in [0, 0.1) is 5.82 Å². The van der Waals surface area contributed by atoms with E-state index in [0.717, 1.165) is 6.26 Å². The van der Waals surface area contributed by atoms with E-state index in [4.69, 9.17) is 11.6 Å². The fourth-order valence-electron chi connectivity index (χ4n) is 2.16. The maximum Gasteiger partial charge on any atom is 0.175 e. The molecule has 0 aliphatic rings. The number of benzene rings is 2. The predicted molar refractivity (Wildman–Crippen MR) is 91.0 cm³/mol. The van der Waals surface area contributed by atoms with Crippen molar-refractivity contribution in [3.05, 3.63) is 59.1 Å². The van der Waals surface area contributed by atoms with Gasteiger partial charge < -0.3 is 5.32 Å². The van der Waals surface area contributed by atoms with E-state index in [1.807, 2.05) is 0 Å². The van der Waals surface area contributed by atoms with E-state index in [2.05, 4.69) is 20.8 Å². The normalized spacial score (nSPS) is 11.5. The van der Waals surface area contributed by atoms with Crippen molar-refractivity contribution >= 4 is 27.1 Å². The fraction of sp³-hybridized carbons (Fsp3) is 0.133. The van der Waals surface area contributed by atoms with E-state index in [1.165, 1.54) is 35.0 Å². The second-order valence-corrected chi connectivity index (χ2v) is 7.67. The van der Waals surface area contributed by atoms with Crippen LogP contribution in [0.4, 0.5) is 10.1 Å². The van der Waals surface area contributed by atoms with Crippen LogP contribution >= 0.6 is 11.6 Å². The third-order valence-corrected chi connectivity index (χ3v) is 4.85. The van der Waals surface area contributed by atoms with Gasteiger partial charge in [0, 0.05) is 6.26 Å². The summed E-state index contributed by atoms with van der Waals surface area (Å²) in [6.07, 6.45) is 1.14. The Balaban J connectivity index is 1.81. The smallest absolute Gasteiger partial charge is 0.175 e. The largest absolute Gasteiger partial charge is 0.376 e. The highest BCUT2D eigenvalue weighted by molar-refractivity contribution is 7.90. The summed E-state index contributed by atoms with van der Waals surface area (Å²) in [6.45, 7) is 0.242. The molecular formula is C15H13ClFN5O2S. The first-order valence-electron chi connectivity index (χ1n) is 7.11. The minimum absolute atomic E-state index is 0.210. The number of halogens is 2. The molecule has 3 aromatic rings. The Morgan fingerprint density at radius 3 is 2.56 bits per heavy atom. The van der Waals surface area contributed by atoms with Crippen LogP contribution in [0.15, 0.2) is 47.4 Å². The molecule has 1 heterocycles. The zero-order chi connectivity index (χ0) is 18.0. The molecule has 0 atom stereocenters. The van der Waals surface area contributed by atoms with Gasteiger partial charge in [0.15, 0.2) is 15.7 Å². The summed E-state index contributed by atoms with van der Waals surface area (Å²) in [5, 5.41) is 14.7. The SMILES string of the molecule is CS(=O)(=O)c1ccc(-n2nnnc2CNc2ccc(F)cc2Cl)cc1. The van der Waals surface area contributed by atoms with Crippen LogP contribution < -0.4 is 5.32 Å². The van der Waals surface area contributed by atoms with Gasteiger partial charge in [0.05, 0.1) is 27.8 Å². The minimum atomic E-state index is -3.27. The molecule has 0 saturated heterocycles. The topological polar surface area (TPSA) is 89.8 Å². The number of rotatable bonds is 5. The summed E-state index contributed by atoms with van der Waals surface area (Å²) in [6, 6.07) is 10.2. The molecule has 7 nitrogen and oxygen atoms in total. The molecule has 25 heavy (non-hydrogen) atoms. The molecule has 3 rings (SSSR count). The Hall–Kier alpha value is -2.52. The van der Waals surface area contributed by atoms with Gasteiger partial charge in [-0.25, -0.2) is 12.8 Å². The van der Waals surface area contributed by atoms with Gasteiger partial charge in [-0.05, 0) is 52.9 Å². The van der Waals surface area contributed by atoms with Crippen LogP contribution in [0.2, 0.25) is 5.02 Å². The monoisotopic (exact) mass is 381 g/mol. The van der Waals surface area contributed by atoms with Crippen molar-refractivity contribution in [2.24, 2.45) is 0 Å². The number of aromatic nitrogens is 4. The third kappa shape index (κ3) is 3.94. The lowest BCUT2D eigenvalue weighted by molar-refractivity contribution is 0.602. The standard InChI is InChI=1S/C15H13ClFN5O2S/c1-25(23,24)12-5-3-11(4-6-12)22-15(19-20-21-22)9-18-14-7-2-10(17)8-13(14)16/h2-8,18H,9H2,1H3. The number of nitrogens with one attached hydrogen (secondary N) is 1. The second-order valence-electron chi connectivity index (χ2n) is 5.25. The number of tetrazole rings is 1. The first-order chi connectivity index (χ1) is 11.8. The molecule has 0 bridgehead atoms. The van der Waals surface area contributed by atoms with E-state index >= 15 is 0 Å². The van der Waals surface area contributed by atoms with Crippen molar-refractivity contribution in [3.63, 3.8) is 0 Å². The molecular weight excluding hydrogens is 369 g/mol. The van der Waals surface area contributed by atoms with Gasteiger partial charge in [-0.15, -0.1) is 5.10 Å². The molecule has 0 amide bonds. The van der Waals surface area contributed by atoms with E-state index in [9.17, 15) is 12.8 Å². The summed E-state index contributed by atoms with van der Waals surface area (Å²) in [5.41, 5.74) is 1.16. The zero-order valence-corrected chi connectivity index (χ0v) is 14.6. The number of anilines is 1. The van der Waals surface area contributed by atoms with Crippen LogP contribution in [-0.2, 0) is 16.4 Å². The van der Waals surface area contributed by atoms with Crippen LogP contribution in [0.5, 0.6) is 0 Å². The Morgan fingerprint density at radius 2 is 1.92 bits per heavy atom. The Kier molecular flexibility index (Phi) is 4.69. The van der Waals surface area contributed by atoms with Crippen LogP contribution in [0.25, 0.3) is 5.69 Å². The maximum absolute atomic E-state index is 13.1. The van der Waals surface area contributed by atoms with Crippen LogP contribution in [0.3, 0.4) is 0 Å². The zero-order valence-electron chi connectivity index (χ0n) is 13.0. The Bertz CT molecular complexity index is 1010. The summed E-state index contributed by atoms with van der Waals surface area (Å²) in [4.78, 5) is 0.210. The lowest BCUT2D eigenvalue weighted by atomic mass is 10.3. The lowest BCUT2D eigenvalue weighted by Gasteiger charge is -2.09. The molecule has 10 heteroatoms. The van der Waals surface area contributed by atoms with E-state index in [-0.39, 0.29) is 16.5 Å². The highest BCUT2D eigenvalue weighted by Crippen LogP contribution is 2.23. The highest BCUT2D eigenvalue weighted by Gasteiger charge is 2.11. The molecule has 0 radical (unpaired) electrons. The summed E-state index contributed by atoms with van der Waals surface area (Å²) < 4.78 is 37.6. The Labute approximate surface area is 148 Å². The number of sulfone groups is 1.